The van der Waals surface area contributed by atoms with Gasteiger partial charge in [0, 0.05) is 11.5 Å². The van der Waals surface area contributed by atoms with Crippen molar-refractivity contribution in [1.82, 2.24) is 5.32 Å². The van der Waals surface area contributed by atoms with Crippen molar-refractivity contribution in [1.29, 1.82) is 0 Å². The van der Waals surface area contributed by atoms with Gasteiger partial charge in [-0.2, -0.15) is 0 Å². The number of azide groups is 1. The molecule has 0 bridgehead atoms. The quantitative estimate of drug-likeness (QED) is 0.313. The summed E-state index contributed by atoms with van der Waals surface area (Å²) in [6, 6.07) is 6.19. The molecule has 108 valence electrons. The largest absolute Gasteiger partial charge is 0.494 e. The third kappa shape index (κ3) is 5.17. The van der Waals surface area contributed by atoms with Crippen LogP contribution in [-0.4, -0.2) is 30.8 Å². The van der Waals surface area contributed by atoms with Gasteiger partial charge in [-0.15, -0.1) is 0 Å². The maximum Gasteiger partial charge on any atom is 0.325 e. The van der Waals surface area contributed by atoms with Crippen molar-refractivity contribution in [2.45, 2.75) is 19.4 Å². The van der Waals surface area contributed by atoms with E-state index in [1.54, 1.807) is 24.3 Å². The molecule has 0 fully saturated rings. The van der Waals surface area contributed by atoms with Gasteiger partial charge < -0.3 is 15.2 Å². The van der Waals surface area contributed by atoms with Gasteiger partial charge in [0.05, 0.1) is 6.61 Å². The summed E-state index contributed by atoms with van der Waals surface area (Å²) >= 11 is 0. The Hall–Kier alpha value is -2.24. The highest BCUT2D eigenvalue weighted by Gasteiger charge is 2.19. The van der Waals surface area contributed by atoms with Gasteiger partial charge in [-0.25, -0.2) is 0 Å². The van der Waals surface area contributed by atoms with E-state index in [0.717, 1.165) is 0 Å². The molecule has 0 aliphatic heterocycles. The molecule has 1 aromatic rings. The lowest BCUT2D eigenvalue weighted by Crippen LogP contribution is -2.29. The van der Waals surface area contributed by atoms with Crippen LogP contribution in [0.3, 0.4) is 0 Å². The van der Waals surface area contributed by atoms with Crippen LogP contribution < -0.4 is 10.1 Å². The molecule has 2 N–H and O–H groups in total. The summed E-state index contributed by atoms with van der Waals surface area (Å²) in [6.07, 6.45) is 0.582. The van der Waals surface area contributed by atoms with Crippen LogP contribution in [-0.2, 0) is 4.79 Å². The first kappa shape index (κ1) is 15.8. The highest BCUT2D eigenvalue weighted by molar-refractivity contribution is 5.75. The fourth-order valence-electron chi connectivity index (χ4n) is 1.74. The van der Waals surface area contributed by atoms with Gasteiger partial charge >= 0.3 is 5.97 Å². The summed E-state index contributed by atoms with van der Waals surface area (Å²) in [4.78, 5) is 13.9. The molecule has 0 amide bonds. The molecule has 0 heterocycles. The standard InChI is InChI=1S/C13H18N4O3/c1-2-20-11-6-3-5-10(9-11)12(13(18)19)15-7-4-8-16-17-14/h3,5-6,9,12,15H,2,4,7-8H2,1H3,(H,18,19). The van der Waals surface area contributed by atoms with Crippen molar-refractivity contribution >= 4 is 5.97 Å². The van der Waals surface area contributed by atoms with Crippen LogP contribution >= 0.6 is 0 Å². The molecule has 0 saturated heterocycles. The van der Waals surface area contributed by atoms with Crippen molar-refractivity contribution in [3.8, 4) is 5.75 Å². The van der Waals surface area contributed by atoms with E-state index in [2.05, 4.69) is 15.3 Å². The number of aliphatic carboxylic acids is 1. The van der Waals surface area contributed by atoms with Gasteiger partial charge in [0.1, 0.15) is 11.8 Å². The van der Waals surface area contributed by atoms with Crippen LogP contribution in [0.2, 0.25) is 0 Å². The highest BCUT2D eigenvalue weighted by atomic mass is 16.5. The van der Waals surface area contributed by atoms with Crippen LogP contribution in [0, 0.1) is 0 Å². The summed E-state index contributed by atoms with van der Waals surface area (Å²) in [5.41, 5.74) is 8.78. The molecule has 0 aliphatic carbocycles. The lowest BCUT2D eigenvalue weighted by Gasteiger charge is -2.15. The Bertz CT molecular complexity index is 486. The summed E-state index contributed by atoms with van der Waals surface area (Å²) < 4.78 is 5.36. The molecule has 0 aliphatic rings. The van der Waals surface area contributed by atoms with Crippen molar-refractivity contribution in [3.63, 3.8) is 0 Å². The van der Waals surface area contributed by atoms with E-state index < -0.39 is 12.0 Å². The molecule has 0 aromatic heterocycles. The first-order valence-electron chi connectivity index (χ1n) is 6.38. The van der Waals surface area contributed by atoms with E-state index in [0.29, 0.717) is 37.4 Å². The number of carboxylic acids is 1. The minimum atomic E-state index is -0.956. The number of nitrogens with zero attached hydrogens (tertiary/aromatic N) is 3. The number of ether oxygens (including phenoxy) is 1. The molecule has 0 spiro atoms. The molecular formula is C13H18N4O3. The van der Waals surface area contributed by atoms with Gasteiger partial charge in [-0.1, -0.05) is 17.2 Å². The number of rotatable bonds is 9. The van der Waals surface area contributed by atoms with Crippen molar-refractivity contribution in [2.24, 2.45) is 5.11 Å². The van der Waals surface area contributed by atoms with Crippen LogP contribution in [0.5, 0.6) is 5.75 Å². The fourth-order valence-corrected chi connectivity index (χ4v) is 1.74. The molecular weight excluding hydrogens is 260 g/mol. The third-order valence-corrected chi connectivity index (χ3v) is 2.60. The Kier molecular flexibility index (Phi) is 6.95. The fraction of sp³-hybridized carbons (Fsp3) is 0.462. The second-order valence-electron chi connectivity index (χ2n) is 4.04. The lowest BCUT2D eigenvalue weighted by molar-refractivity contribution is -0.139. The third-order valence-electron chi connectivity index (χ3n) is 2.60. The molecule has 1 atom stereocenters. The van der Waals surface area contributed by atoms with E-state index in [9.17, 15) is 9.90 Å². The monoisotopic (exact) mass is 278 g/mol. The van der Waals surface area contributed by atoms with Gasteiger partial charge in [0.25, 0.3) is 0 Å². The van der Waals surface area contributed by atoms with Crippen molar-refractivity contribution in [3.05, 3.63) is 40.3 Å². The predicted molar refractivity (Wildman–Crippen MR) is 74.6 cm³/mol. The van der Waals surface area contributed by atoms with E-state index in [1.165, 1.54) is 0 Å². The summed E-state index contributed by atoms with van der Waals surface area (Å²) in [6.45, 7) is 3.19. The van der Waals surface area contributed by atoms with Crippen LogP contribution in [0.1, 0.15) is 24.9 Å². The number of carbonyl (C=O) groups is 1. The molecule has 1 aromatic carbocycles. The van der Waals surface area contributed by atoms with Crippen LogP contribution in [0.25, 0.3) is 10.4 Å². The molecule has 0 radical (unpaired) electrons. The van der Waals surface area contributed by atoms with Gasteiger partial charge in [-0.3, -0.25) is 4.79 Å². The molecule has 1 unspecified atom stereocenters. The average molecular weight is 278 g/mol. The second kappa shape index (κ2) is 8.79. The number of hydrogen-bond acceptors (Lipinski definition) is 4. The van der Waals surface area contributed by atoms with Gasteiger partial charge in [0.2, 0.25) is 0 Å². The molecule has 1 rings (SSSR count). The zero-order chi connectivity index (χ0) is 14.8. The Morgan fingerprint density at radius 3 is 3.05 bits per heavy atom. The Balaban J connectivity index is 2.67. The number of benzene rings is 1. The van der Waals surface area contributed by atoms with Crippen LogP contribution in [0.15, 0.2) is 29.4 Å². The molecule has 20 heavy (non-hydrogen) atoms. The second-order valence-corrected chi connectivity index (χ2v) is 4.04. The molecule has 0 saturated carbocycles. The minimum absolute atomic E-state index is 0.342. The predicted octanol–water partition coefficient (Wildman–Crippen LogP) is 2.50. The summed E-state index contributed by atoms with van der Waals surface area (Å²) in [5, 5.41) is 15.6. The van der Waals surface area contributed by atoms with Gasteiger partial charge in [0.15, 0.2) is 0 Å². The number of nitrogens with one attached hydrogen (secondary N) is 1. The highest BCUT2D eigenvalue weighted by Crippen LogP contribution is 2.19. The average Bonchev–Trinajstić information content (AvgIpc) is 2.43. The molecule has 7 nitrogen and oxygen atoms in total. The zero-order valence-electron chi connectivity index (χ0n) is 11.3. The van der Waals surface area contributed by atoms with Gasteiger partial charge in [-0.05, 0) is 43.1 Å². The van der Waals surface area contributed by atoms with Crippen LogP contribution in [0.4, 0.5) is 0 Å². The van der Waals surface area contributed by atoms with Crippen molar-refractivity contribution in [2.75, 3.05) is 19.7 Å². The summed E-state index contributed by atoms with van der Waals surface area (Å²) in [7, 11) is 0. The lowest BCUT2D eigenvalue weighted by atomic mass is 10.1. The topological polar surface area (TPSA) is 107 Å². The number of hydrogen-bond donors (Lipinski definition) is 2. The first-order chi connectivity index (χ1) is 9.69. The Morgan fingerprint density at radius 2 is 2.40 bits per heavy atom. The van der Waals surface area contributed by atoms with E-state index in [1.807, 2.05) is 6.92 Å². The van der Waals surface area contributed by atoms with E-state index >= 15 is 0 Å². The smallest absolute Gasteiger partial charge is 0.325 e. The van der Waals surface area contributed by atoms with Crippen molar-refractivity contribution < 1.29 is 14.6 Å². The van der Waals surface area contributed by atoms with E-state index in [4.69, 9.17) is 10.3 Å². The Labute approximate surface area is 117 Å². The zero-order valence-corrected chi connectivity index (χ0v) is 11.3. The Morgan fingerprint density at radius 1 is 1.60 bits per heavy atom. The maximum absolute atomic E-state index is 11.3. The maximum atomic E-state index is 11.3. The number of carboxylic acid groups (broad SMARTS) is 1. The SMILES string of the molecule is CCOc1cccc(C(NCCCN=[N+]=[N-])C(=O)O)c1. The normalized spacial score (nSPS) is 11.4. The van der Waals surface area contributed by atoms with E-state index in [-0.39, 0.29) is 0 Å². The minimum Gasteiger partial charge on any atom is -0.494 e. The summed E-state index contributed by atoms with van der Waals surface area (Å²) in [5.74, 6) is -0.311. The first-order valence-corrected chi connectivity index (χ1v) is 6.38. The molecule has 7 heteroatoms.